The van der Waals surface area contributed by atoms with Gasteiger partial charge in [-0.2, -0.15) is 0 Å². The van der Waals surface area contributed by atoms with Crippen LogP contribution >= 0.6 is 27.5 Å². The lowest BCUT2D eigenvalue weighted by molar-refractivity contribution is 0.584. The first-order valence-electron chi connectivity index (χ1n) is 7.09. The zero-order chi connectivity index (χ0) is 14.4. The van der Waals surface area contributed by atoms with Crippen molar-refractivity contribution in [1.82, 2.24) is 0 Å². The summed E-state index contributed by atoms with van der Waals surface area (Å²) in [7, 11) is 0. The highest BCUT2D eigenvalue weighted by Gasteiger charge is 2.10. The van der Waals surface area contributed by atoms with E-state index in [9.17, 15) is 0 Å². The van der Waals surface area contributed by atoms with Crippen LogP contribution in [0.3, 0.4) is 0 Å². The maximum atomic E-state index is 6.15. The molecule has 0 radical (unpaired) electrons. The molecule has 0 N–H and O–H groups in total. The Hall–Kier alpha value is -0.790. The normalized spacial score (nSPS) is 12.3. The van der Waals surface area contributed by atoms with Crippen molar-refractivity contribution in [3.05, 3.63) is 69.7 Å². The third-order valence-corrected chi connectivity index (χ3v) is 4.52. The van der Waals surface area contributed by atoms with Crippen LogP contribution in [0.5, 0.6) is 0 Å². The molecule has 2 rings (SSSR count). The predicted molar refractivity (Wildman–Crippen MR) is 91.6 cm³/mol. The Morgan fingerprint density at radius 1 is 0.950 bits per heavy atom. The molecule has 0 fully saturated rings. The standard InChI is InChI=1S/C18H20BrCl/c1-2-14-6-8-15(9-7-14)10-17(13-20)11-16-4-3-5-18(19)12-16/h3-9,12,17H,2,10-11,13H2,1H3. The molecule has 0 bridgehead atoms. The van der Waals surface area contributed by atoms with Crippen LogP contribution in [0.1, 0.15) is 23.6 Å². The molecule has 1 atom stereocenters. The topological polar surface area (TPSA) is 0 Å². The molecule has 2 heteroatoms. The first kappa shape index (κ1) is 15.6. The van der Waals surface area contributed by atoms with Gasteiger partial charge in [0, 0.05) is 10.4 Å². The highest BCUT2D eigenvalue weighted by Crippen LogP contribution is 2.19. The van der Waals surface area contributed by atoms with E-state index in [-0.39, 0.29) is 0 Å². The van der Waals surface area contributed by atoms with Gasteiger partial charge in [0.25, 0.3) is 0 Å². The fourth-order valence-electron chi connectivity index (χ4n) is 2.42. The third-order valence-electron chi connectivity index (χ3n) is 3.59. The number of halogens is 2. The van der Waals surface area contributed by atoms with Gasteiger partial charge in [0.05, 0.1) is 0 Å². The molecule has 0 amide bonds. The summed E-state index contributed by atoms with van der Waals surface area (Å²) in [4.78, 5) is 0. The average Bonchev–Trinajstić information content (AvgIpc) is 2.47. The second-order valence-corrected chi connectivity index (χ2v) is 6.45. The van der Waals surface area contributed by atoms with E-state index in [0.29, 0.717) is 11.8 Å². The summed E-state index contributed by atoms with van der Waals surface area (Å²) in [6, 6.07) is 17.4. The summed E-state index contributed by atoms with van der Waals surface area (Å²) < 4.78 is 1.13. The van der Waals surface area contributed by atoms with Gasteiger partial charge in [0.15, 0.2) is 0 Å². The largest absolute Gasteiger partial charge is 0.126 e. The maximum Gasteiger partial charge on any atom is 0.0258 e. The third kappa shape index (κ3) is 4.64. The Kier molecular flexibility index (Phi) is 6.12. The fourth-order valence-corrected chi connectivity index (χ4v) is 3.09. The number of hydrogen-bond acceptors (Lipinski definition) is 0. The fraction of sp³-hybridized carbons (Fsp3) is 0.333. The number of hydrogen-bond donors (Lipinski definition) is 0. The molecule has 106 valence electrons. The van der Waals surface area contributed by atoms with Crippen molar-refractivity contribution in [1.29, 1.82) is 0 Å². The van der Waals surface area contributed by atoms with Crippen LogP contribution in [0.4, 0.5) is 0 Å². The molecule has 0 saturated carbocycles. The smallest absolute Gasteiger partial charge is 0.0258 e. The van der Waals surface area contributed by atoms with E-state index >= 15 is 0 Å². The van der Waals surface area contributed by atoms with Crippen molar-refractivity contribution in [3.8, 4) is 0 Å². The van der Waals surface area contributed by atoms with E-state index in [0.717, 1.165) is 23.7 Å². The first-order valence-corrected chi connectivity index (χ1v) is 8.42. The van der Waals surface area contributed by atoms with Gasteiger partial charge in [-0.3, -0.25) is 0 Å². The van der Waals surface area contributed by atoms with Crippen LogP contribution in [0.15, 0.2) is 53.0 Å². The van der Waals surface area contributed by atoms with Crippen molar-refractivity contribution in [2.24, 2.45) is 5.92 Å². The van der Waals surface area contributed by atoms with E-state index in [1.54, 1.807) is 0 Å². The highest BCUT2D eigenvalue weighted by atomic mass is 79.9. The Morgan fingerprint density at radius 3 is 2.20 bits per heavy atom. The molecule has 20 heavy (non-hydrogen) atoms. The first-order chi connectivity index (χ1) is 9.71. The monoisotopic (exact) mass is 350 g/mol. The van der Waals surface area contributed by atoms with Gasteiger partial charge in [-0.15, -0.1) is 11.6 Å². The van der Waals surface area contributed by atoms with Crippen LogP contribution in [0.2, 0.25) is 0 Å². The van der Waals surface area contributed by atoms with E-state index in [1.165, 1.54) is 16.7 Å². The van der Waals surface area contributed by atoms with Gasteiger partial charge in [0.1, 0.15) is 0 Å². The number of aryl methyl sites for hydroxylation is 1. The van der Waals surface area contributed by atoms with Gasteiger partial charge in [-0.05, 0) is 54.0 Å². The molecule has 0 aromatic heterocycles. The van der Waals surface area contributed by atoms with Crippen LogP contribution in [-0.4, -0.2) is 5.88 Å². The summed E-state index contributed by atoms with van der Waals surface area (Å²) in [5, 5.41) is 0. The summed E-state index contributed by atoms with van der Waals surface area (Å²) in [6.45, 7) is 2.18. The number of benzene rings is 2. The molecular weight excluding hydrogens is 332 g/mol. The van der Waals surface area contributed by atoms with Crippen LogP contribution < -0.4 is 0 Å². The average molecular weight is 352 g/mol. The molecule has 0 nitrogen and oxygen atoms in total. The maximum absolute atomic E-state index is 6.15. The minimum absolute atomic E-state index is 0.485. The predicted octanol–water partition coefficient (Wildman–Crippen LogP) is 5.65. The Balaban J connectivity index is 2.01. The molecule has 2 aromatic rings. The second-order valence-electron chi connectivity index (χ2n) is 5.23. The highest BCUT2D eigenvalue weighted by molar-refractivity contribution is 9.10. The molecule has 0 aliphatic carbocycles. The Labute approximate surface area is 135 Å². The van der Waals surface area contributed by atoms with Crippen LogP contribution in [-0.2, 0) is 19.3 Å². The zero-order valence-electron chi connectivity index (χ0n) is 11.8. The molecule has 0 saturated heterocycles. The summed E-state index contributed by atoms with van der Waals surface area (Å²) in [5.74, 6) is 1.18. The molecule has 0 heterocycles. The van der Waals surface area contributed by atoms with Crippen molar-refractivity contribution < 1.29 is 0 Å². The van der Waals surface area contributed by atoms with E-state index in [2.05, 4.69) is 71.4 Å². The lowest BCUT2D eigenvalue weighted by atomic mass is 9.93. The molecule has 0 aliphatic heterocycles. The number of rotatable bonds is 6. The van der Waals surface area contributed by atoms with E-state index < -0.39 is 0 Å². The molecule has 0 spiro atoms. The van der Waals surface area contributed by atoms with Crippen molar-refractivity contribution in [3.63, 3.8) is 0 Å². The lowest BCUT2D eigenvalue weighted by Crippen LogP contribution is -2.10. The van der Waals surface area contributed by atoms with Gasteiger partial charge >= 0.3 is 0 Å². The van der Waals surface area contributed by atoms with E-state index in [4.69, 9.17) is 11.6 Å². The number of alkyl halides is 1. The molecule has 2 aromatic carbocycles. The van der Waals surface area contributed by atoms with Crippen molar-refractivity contribution in [2.75, 3.05) is 5.88 Å². The van der Waals surface area contributed by atoms with E-state index in [1.807, 2.05) is 0 Å². The summed E-state index contributed by atoms with van der Waals surface area (Å²) >= 11 is 9.68. The summed E-state index contributed by atoms with van der Waals surface area (Å²) in [6.07, 6.45) is 3.16. The van der Waals surface area contributed by atoms with Gasteiger partial charge < -0.3 is 0 Å². The quantitative estimate of drug-likeness (QED) is 0.590. The minimum Gasteiger partial charge on any atom is -0.126 e. The minimum atomic E-state index is 0.485. The molecular formula is C18H20BrCl. The van der Waals surface area contributed by atoms with Crippen molar-refractivity contribution >= 4 is 27.5 Å². The van der Waals surface area contributed by atoms with Gasteiger partial charge in [-0.1, -0.05) is 59.3 Å². The SMILES string of the molecule is CCc1ccc(CC(CCl)Cc2cccc(Br)c2)cc1. The zero-order valence-corrected chi connectivity index (χ0v) is 14.1. The second kappa shape index (κ2) is 7.85. The van der Waals surface area contributed by atoms with Crippen LogP contribution in [0.25, 0.3) is 0 Å². The van der Waals surface area contributed by atoms with Gasteiger partial charge in [0.2, 0.25) is 0 Å². The molecule has 1 unspecified atom stereocenters. The van der Waals surface area contributed by atoms with Crippen LogP contribution in [0, 0.1) is 5.92 Å². The molecule has 0 aliphatic rings. The van der Waals surface area contributed by atoms with Crippen molar-refractivity contribution in [2.45, 2.75) is 26.2 Å². The summed E-state index contributed by atoms with van der Waals surface area (Å²) in [5.41, 5.74) is 4.11. The lowest BCUT2D eigenvalue weighted by Gasteiger charge is -2.14. The Bertz CT molecular complexity index is 533. The Morgan fingerprint density at radius 2 is 1.60 bits per heavy atom. The van der Waals surface area contributed by atoms with Gasteiger partial charge in [-0.25, -0.2) is 0 Å².